The molecule has 0 aliphatic carbocycles. The number of carbonyl (C=O) groups is 1. The number of anilines is 1. The van der Waals surface area contributed by atoms with Crippen molar-refractivity contribution in [2.45, 2.75) is 26.2 Å². The summed E-state index contributed by atoms with van der Waals surface area (Å²) in [4.78, 5) is 14.6. The zero-order valence-corrected chi connectivity index (χ0v) is 15.1. The number of hydrogen-bond donors (Lipinski definition) is 2. The van der Waals surface area contributed by atoms with E-state index in [9.17, 15) is 4.79 Å². The number of amides is 1. The Morgan fingerprint density at radius 2 is 2.28 bits per heavy atom. The smallest absolute Gasteiger partial charge is 0.271 e. The van der Waals surface area contributed by atoms with Gasteiger partial charge in [0.25, 0.3) is 5.91 Å². The molecule has 1 aromatic carbocycles. The second kappa shape index (κ2) is 7.59. The van der Waals surface area contributed by atoms with E-state index in [1.165, 1.54) is 5.69 Å². The number of rotatable bonds is 6. The van der Waals surface area contributed by atoms with Gasteiger partial charge >= 0.3 is 0 Å². The normalized spacial score (nSPS) is 17.1. The first-order valence-electron chi connectivity index (χ1n) is 8.79. The van der Waals surface area contributed by atoms with Crippen molar-refractivity contribution in [1.29, 1.82) is 0 Å². The average molecular weight is 342 g/mol. The second-order valence-corrected chi connectivity index (χ2v) is 6.88. The maximum absolute atomic E-state index is 12.2. The van der Waals surface area contributed by atoms with Gasteiger partial charge in [-0.1, -0.05) is 19.9 Å². The summed E-state index contributed by atoms with van der Waals surface area (Å²) in [6.07, 6.45) is 1.06. The number of nitrogens with one attached hydrogen (secondary N) is 2. The Balaban J connectivity index is 1.51. The van der Waals surface area contributed by atoms with Gasteiger partial charge in [-0.05, 0) is 36.5 Å². The van der Waals surface area contributed by atoms with E-state index in [1.807, 2.05) is 18.2 Å². The number of carbonyl (C=O) groups excluding carboxylic acids is 1. The molecule has 6 heteroatoms. The SMILES string of the molecule is COc1cccc(N2CC[C@H](CNC(=O)c3cc(C(C)C)[nH]n3)C2)c1. The molecule has 2 aromatic rings. The minimum absolute atomic E-state index is 0.108. The molecule has 2 N–H and O–H groups in total. The number of nitrogens with zero attached hydrogens (tertiary/aromatic N) is 2. The molecule has 134 valence electrons. The van der Waals surface area contributed by atoms with Crippen LogP contribution in [-0.4, -0.2) is 42.8 Å². The van der Waals surface area contributed by atoms with Crippen LogP contribution in [0.1, 0.15) is 42.4 Å². The lowest BCUT2D eigenvalue weighted by Gasteiger charge is -2.19. The molecular weight excluding hydrogens is 316 g/mol. The van der Waals surface area contributed by atoms with E-state index in [-0.39, 0.29) is 5.91 Å². The van der Waals surface area contributed by atoms with Gasteiger partial charge < -0.3 is 15.0 Å². The molecule has 1 aliphatic rings. The van der Waals surface area contributed by atoms with Gasteiger partial charge in [0, 0.05) is 37.1 Å². The first-order valence-corrected chi connectivity index (χ1v) is 8.79. The van der Waals surface area contributed by atoms with Gasteiger partial charge in [0.05, 0.1) is 7.11 Å². The van der Waals surface area contributed by atoms with Gasteiger partial charge in [-0.2, -0.15) is 5.10 Å². The number of methoxy groups -OCH3 is 1. The molecule has 1 aromatic heterocycles. The maximum atomic E-state index is 12.2. The summed E-state index contributed by atoms with van der Waals surface area (Å²) >= 11 is 0. The van der Waals surface area contributed by atoms with Crippen LogP contribution in [0.25, 0.3) is 0 Å². The van der Waals surface area contributed by atoms with E-state index in [2.05, 4.69) is 46.4 Å². The van der Waals surface area contributed by atoms with E-state index >= 15 is 0 Å². The number of benzene rings is 1. The molecule has 1 atom stereocenters. The molecule has 3 rings (SSSR count). The number of aromatic amines is 1. The molecule has 2 heterocycles. The van der Waals surface area contributed by atoms with Gasteiger partial charge in [-0.3, -0.25) is 9.89 Å². The molecule has 1 saturated heterocycles. The third kappa shape index (κ3) is 4.13. The lowest BCUT2D eigenvalue weighted by molar-refractivity contribution is 0.0943. The van der Waals surface area contributed by atoms with E-state index in [1.54, 1.807) is 7.11 Å². The highest BCUT2D eigenvalue weighted by molar-refractivity contribution is 5.92. The number of ether oxygens (including phenoxy) is 1. The van der Waals surface area contributed by atoms with Crippen molar-refractivity contribution < 1.29 is 9.53 Å². The number of H-pyrrole nitrogens is 1. The maximum Gasteiger partial charge on any atom is 0.271 e. The molecule has 25 heavy (non-hydrogen) atoms. The topological polar surface area (TPSA) is 70.2 Å². The zero-order chi connectivity index (χ0) is 17.8. The van der Waals surface area contributed by atoms with Gasteiger partial charge in [0.2, 0.25) is 0 Å². The van der Waals surface area contributed by atoms with Gasteiger partial charge in [-0.25, -0.2) is 0 Å². The Labute approximate surface area is 148 Å². The third-order valence-corrected chi connectivity index (χ3v) is 4.71. The highest BCUT2D eigenvalue weighted by Crippen LogP contribution is 2.26. The van der Waals surface area contributed by atoms with Crippen LogP contribution in [-0.2, 0) is 0 Å². The average Bonchev–Trinajstić information content (AvgIpc) is 3.29. The molecule has 0 saturated carbocycles. The van der Waals surface area contributed by atoms with Crippen LogP contribution in [0.15, 0.2) is 30.3 Å². The van der Waals surface area contributed by atoms with Crippen molar-refractivity contribution in [1.82, 2.24) is 15.5 Å². The zero-order valence-electron chi connectivity index (χ0n) is 15.1. The quantitative estimate of drug-likeness (QED) is 0.847. The fourth-order valence-corrected chi connectivity index (χ4v) is 3.12. The summed E-state index contributed by atoms with van der Waals surface area (Å²) in [5.74, 6) is 1.54. The highest BCUT2D eigenvalue weighted by Gasteiger charge is 2.24. The van der Waals surface area contributed by atoms with Crippen molar-refractivity contribution in [2.75, 3.05) is 31.6 Å². The summed E-state index contributed by atoms with van der Waals surface area (Å²) in [6, 6.07) is 9.94. The summed E-state index contributed by atoms with van der Waals surface area (Å²) in [5.41, 5.74) is 2.61. The summed E-state index contributed by atoms with van der Waals surface area (Å²) in [7, 11) is 1.68. The van der Waals surface area contributed by atoms with Gasteiger partial charge in [0.1, 0.15) is 11.4 Å². The molecule has 1 aliphatic heterocycles. The minimum Gasteiger partial charge on any atom is -0.497 e. The van der Waals surface area contributed by atoms with Gasteiger partial charge in [0.15, 0.2) is 0 Å². The Morgan fingerprint density at radius 1 is 1.44 bits per heavy atom. The molecule has 0 radical (unpaired) electrons. The first kappa shape index (κ1) is 17.3. The van der Waals surface area contributed by atoms with Crippen LogP contribution in [0.4, 0.5) is 5.69 Å². The Hall–Kier alpha value is -2.50. The fraction of sp³-hybridized carbons (Fsp3) is 0.474. The van der Waals surface area contributed by atoms with Crippen LogP contribution in [0.5, 0.6) is 5.75 Å². The summed E-state index contributed by atoms with van der Waals surface area (Å²) in [5, 5.41) is 10.0. The predicted octanol–water partition coefficient (Wildman–Crippen LogP) is 2.80. The van der Waals surface area contributed by atoms with Crippen molar-refractivity contribution in [3.05, 3.63) is 41.7 Å². The standard InChI is InChI=1S/C19H26N4O2/c1-13(2)17-10-18(22-21-17)19(24)20-11-14-7-8-23(12-14)15-5-4-6-16(9-15)25-3/h4-6,9-10,13-14H,7-8,11-12H2,1-3H3,(H,20,24)(H,21,22)/t14-/m1/s1. The molecule has 6 nitrogen and oxygen atoms in total. The van der Waals surface area contributed by atoms with Crippen molar-refractivity contribution >= 4 is 11.6 Å². The van der Waals surface area contributed by atoms with Crippen LogP contribution < -0.4 is 15.0 Å². The molecule has 1 amide bonds. The van der Waals surface area contributed by atoms with Crippen LogP contribution in [0, 0.1) is 5.92 Å². The monoisotopic (exact) mass is 342 g/mol. The molecule has 0 unspecified atom stereocenters. The van der Waals surface area contributed by atoms with E-state index in [0.29, 0.717) is 24.1 Å². The summed E-state index contributed by atoms with van der Waals surface area (Å²) < 4.78 is 5.29. The van der Waals surface area contributed by atoms with Gasteiger partial charge in [-0.15, -0.1) is 0 Å². The van der Waals surface area contributed by atoms with Crippen molar-refractivity contribution in [3.8, 4) is 5.75 Å². The molecule has 1 fully saturated rings. The minimum atomic E-state index is -0.108. The number of aromatic nitrogens is 2. The first-order chi connectivity index (χ1) is 12.1. The molecule has 0 bridgehead atoms. The largest absolute Gasteiger partial charge is 0.497 e. The Morgan fingerprint density at radius 3 is 3.00 bits per heavy atom. The highest BCUT2D eigenvalue weighted by atomic mass is 16.5. The van der Waals surface area contributed by atoms with E-state index < -0.39 is 0 Å². The van der Waals surface area contributed by atoms with Crippen LogP contribution in [0.3, 0.4) is 0 Å². The van der Waals surface area contributed by atoms with Crippen molar-refractivity contribution in [3.63, 3.8) is 0 Å². The lowest BCUT2D eigenvalue weighted by atomic mass is 10.1. The van der Waals surface area contributed by atoms with Crippen LogP contribution in [0.2, 0.25) is 0 Å². The molecule has 0 spiro atoms. The fourth-order valence-electron chi connectivity index (χ4n) is 3.12. The number of hydrogen-bond acceptors (Lipinski definition) is 4. The Bertz CT molecular complexity index is 726. The lowest BCUT2D eigenvalue weighted by Crippen LogP contribution is -2.31. The Kier molecular flexibility index (Phi) is 5.26. The van der Waals surface area contributed by atoms with Crippen LogP contribution >= 0.6 is 0 Å². The third-order valence-electron chi connectivity index (χ3n) is 4.71. The second-order valence-electron chi connectivity index (χ2n) is 6.88. The molecular formula is C19H26N4O2. The summed E-state index contributed by atoms with van der Waals surface area (Å²) in [6.45, 7) is 6.74. The van der Waals surface area contributed by atoms with Crippen molar-refractivity contribution in [2.24, 2.45) is 5.92 Å². The van der Waals surface area contributed by atoms with E-state index in [0.717, 1.165) is 31.0 Å². The van der Waals surface area contributed by atoms with E-state index in [4.69, 9.17) is 4.74 Å². The predicted molar refractivity (Wildman–Crippen MR) is 98.3 cm³/mol.